The quantitative estimate of drug-likeness (QED) is 0.714. The van der Waals surface area contributed by atoms with Gasteiger partial charge in [-0.05, 0) is 31.5 Å². The van der Waals surface area contributed by atoms with Crippen molar-refractivity contribution >= 4 is 5.52 Å². The Bertz CT molecular complexity index is 445. The minimum absolute atomic E-state index is 0.0544. The zero-order valence-electron chi connectivity index (χ0n) is 7.78. The van der Waals surface area contributed by atoms with Gasteiger partial charge in [0, 0.05) is 11.8 Å². The zero-order valence-corrected chi connectivity index (χ0v) is 7.78. The third-order valence-electron chi connectivity index (χ3n) is 2.25. The Morgan fingerprint density at radius 1 is 1.46 bits per heavy atom. The van der Waals surface area contributed by atoms with Crippen LogP contribution in [0, 0.1) is 13.8 Å². The van der Waals surface area contributed by atoms with E-state index in [2.05, 4.69) is 5.10 Å². The molecule has 3 heteroatoms. The molecule has 0 bridgehead atoms. The molecule has 0 atom stereocenters. The molecule has 0 saturated heterocycles. The van der Waals surface area contributed by atoms with Crippen LogP contribution in [-0.4, -0.2) is 14.7 Å². The second kappa shape index (κ2) is 2.85. The maximum Gasteiger partial charge on any atom is 0.0722 e. The Labute approximate surface area is 76.6 Å². The Balaban J connectivity index is 2.80. The molecule has 0 radical (unpaired) electrons. The van der Waals surface area contributed by atoms with Crippen molar-refractivity contribution in [2.75, 3.05) is 0 Å². The molecule has 3 nitrogen and oxygen atoms in total. The number of aliphatic hydroxyl groups excluding tert-OH is 1. The summed E-state index contributed by atoms with van der Waals surface area (Å²) in [6.45, 7) is 4.00. The maximum absolute atomic E-state index is 9.14. The zero-order chi connectivity index (χ0) is 9.42. The van der Waals surface area contributed by atoms with Crippen LogP contribution in [0.1, 0.15) is 16.8 Å². The van der Waals surface area contributed by atoms with Crippen molar-refractivity contribution in [2.24, 2.45) is 0 Å². The van der Waals surface area contributed by atoms with Gasteiger partial charge in [-0.2, -0.15) is 5.10 Å². The van der Waals surface area contributed by atoms with Gasteiger partial charge in [0.2, 0.25) is 0 Å². The first-order valence-electron chi connectivity index (χ1n) is 4.27. The third kappa shape index (κ3) is 1.21. The summed E-state index contributed by atoms with van der Waals surface area (Å²) in [5, 5.41) is 13.4. The third-order valence-corrected chi connectivity index (χ3v) is 2.25. The summed E-state index contributed by atoms with van der Waals surface area (Å²) in [6, 6.07) is 4.03. The van der Waals surface area contributed by atoms with Crippen LogP contribution in [0.25, 0.3) is 5.52 Å². The normalized spacial score (nSPS) is 11.0. The predicted molar refractivity (Wildman–Crippen MR) is 50.6 cm³/mol. The average Bonchev–Trinajstić information content (AvgIpc) is 2.40. The van der Waals surface area contributed by atoms with Crippen LogP contribution >= 0.6 is 0 Å². The van der Waals surface area contributed by atoms with Crippen LogP contribution in [0.15, 0.2) is 18.3 Å². The summed E-state index contributed by atoms with van der Waals surface area (Å²) in [5.74, 6) is 0. The van der Waals surface area contributed by atoms with E-state index in [9.17, 15) is 0 Å². The van der Waals surface area contributed by atoms with Crippen molar-refractivity contribution in [3.8, 4) is 0 Å². The molecule has 0 aliphatic heterocycles. The lowest BCUT2D eigenvalue weighted by Crippen LogP contribution is -1.87. The first-order chi connectivity index (χ1) is 6.22. The van der Waals surface area contributed by atoms with E-state index in [1.165, 1.54) is 5.56 Å². The Hall–Kier alpha value is -1.35. The fraction of sp³-hybridized carbons (Fsp3) is 0.300. The van der Waals surface area contributed by atoms with Crippen LogP contribution in [0.4, 0.5) is 0 Å². The molecule has 1 N–H and O–H groups in total. The molecule has 2 heterocycles. The fourth-order valence-electron chi connectivity index (χ4n) is 1.51. The molecule has 2 aromatic rings. The lowest BCUT2D eigenvalue weighted by molar-refractivity contribution is 0.282. The van der Waals surface area contributed by atoms with Crippen LogP contribution in [0.3, 0.4) is 0 Å². The molecule has 13 heavy (non-hydrogen) atoms. The number of rotatable bonds is 1. The largest absolute Gasteiger partial charge is 0.392 e. The van der Waals surface area contributed by atoms with Gasteiger partial charge in [0.1, 0.15) is 0 Å². The van der Waals surface area contributed by atoms with Crippen molar-refractivity contribution in [1.29, 1.82) is 0 Å². The van der Waals surface area contributed by atoms with Crippen LogP contribution in [0.5, 0.6) is 0 Å². The highest BCUT2D eigenvalue weighted by Gasteiger charge is 2.07. The van der Waals surface area contributed by atoms with E-state index in [1.54, 1.807) is 4.52 Å². The van der Waals surface area contributed by atoms with Gasteiger partial charge in [-0.3, -0.25) is 0 Å². The van der Waals surface area contributed by atoms with Gasteiger partial charge in [0.15, 0.2) is 0 Å². The lowest BCUT2D eigenvalue weighted by Gasteiger charge is -1.96. The summed E-state index contributed by atoms with van der Waals surface area (Å²) < 4.78 is 1.80. The van der Waals surface area contributed by atoms with E-state index >= 15 is 0 Å². The molecule has 2 rings (SSSR count). The summed E-state index contributed by atoms with van der Waals surface area (Å²) >= 11 is 0. The van der Waals surface area contributed by atoms with Gasteiger partial charge >= 0.3 is 0 Å². The van der Waals surface area contributed by atoms with Gasteiger partial charge in [-0.25, -0.2) is 4.52 Å². The van der Waals surface area contributed by atoms with E-state index in [1.807, 2.05) is 32.2 Å². The summed E-state index contributed by atoms with van der Waals surface area (Å²) in [5.41, 5.74) is 4.00. The number of hydrogen-bond acceptors (Lipinski definition) is 2. The second-order valence-corrected chi connectivity index (χ2v) is 3.26. The van der Waals surface area contributed by atoms with E-state index in [-0.39, 0.29) is 6.61 Å². The molecule has 0 amide bonds. The molecule has 0 spiro atoms. The van der Waals surface area contributed by atoms with Gasteiger partial charge in [-0.1, -0.05) is 0 Å². The van der Waals surface area contributed by atoms with Crippen LogP contribution < -0.4 is 0 Å². The molecule has 0 aliphatic rings. The fourth-order valence-corrected chi connectivity index (χ4v) is 1.51. The van der Waals surface area contributed by atoms with Crippen molar-refractivity contribution in [3.05, 3.63) is 35.2 Å². The molecule has 0 unspecified atom stereocenters. The Morgan fingerprint density at radius 3 is 2.92 bits per heavy atom. The van der Waals surface area contributed by atoms with Crippen LogP contribution in [-0.2, 0) is 6.61 Å². The van der Waals surface area contributed by atoms with Crippen molar-refractivity contribution in [3.63, 3.8) is 0 Å². The molecule has 0 fully saturated rings. The highest BCUT2D eigenvalue weighted by Crippen LogP contribution is 2.15. The smallest absolute Gasteiger partial charge is 0.0722 e. The summed E-state index contributed by atoms with van der Waals surface area (Å²) in [7, 11) is 0. The first-order valence-corrected chi connectivity index (χ1v) is 4.27. The van der Waals surface area contributed by atoms with Gasteiger partial charge in [0.05, 0.1) is 17.8 Å². The van der Waals surface area contributed by atoms with Crippen molar-refractivity contribution in [2.45, 2.75) is 20.5 Å². The Kier molecular flexibility index (Phi) is 1.81. The monoisotopic (exact) mass is 176 g/mol. The van der Waals surface area contributed by atoms with E-state index < -0.39 is 0 Å². The van der Waals surface area contributed by atoms with Gasteiger partial charge < -0.3 is 5.11 Å². The van der Waals surface area contributed by atoms with E-state index in [4.69, 9.17) is 5.11 Å². The minimum atomic E-state index is 0.0544. The molecular weight excluding hydrogens is 164 g/mol. The minimum Gasteiger partial charge on any atom is -0.392 e. The summed E-state index contributed by atoms with van der Waals surface area (Å²) in [4.78, 5) is 0. The van der Waals surface area contributed by atoms with E-state index in [0.29, 0.717) is 0 Å². The Morgan fingerprint density at radius 2 is 2.23 bits per heavy atom. The predicted octanol–water partition coefficient (Wildman–Crippen LogP) is 1.44. The topological polar surface area (TPSA) is 37.5 Å². The van der Waals surface area contributed by atoms with Crippen molar-refractivity contribution < 1.29 is 5.11 Å². The van der Waals surface area contributed by atoms with E-state index in [0.717, 1.165) is 16.8 Å². The molecule has 0 aromatic carbocycles. The molecule has 0 aliphatic carbocycles. The number of nitrogens with zero attached hydrogens (tertiary/aromatic N) is 2. The SMILES string of the molecule is Cc1ccn2nc(C)c(CO)c2c1. The summed E-state index contributed by atoms with van der Waals surface area (Å²) in [6.07, 6.45) is 1.91. The van der Waals surface area contributed by atoms with Gasteiger partial charge in [0.25, 0.3) is 0 Å². The lowest BCUT2D eigenvalue weighted by atomic mass is 10.2. The standard InChI is InChI=1S/C10H12N2O/c1-7-3-4-12-10(5-7)9(6-13)8(2)11-12/h3-5,13H,6H2,1-2H3. The highest BCUT2D eigenvalue weighted by atomic mass is 16.3. The average molecular weight is 176 g/mol. The molecule has 68 valence electrons. The van der Waals surface area contributed by atoms with Crippen molar-refractivity contribution in [1.82, 2.24) is 9.61 Å². The number of fused-ring (bicyclic) bond motifs is 1. The maximum atomic E-state index is 9.14. The first kappa shape index (κ1) is 8.26. The highest BCUT2D eigenvalue weighted by molar-refractivity contribution is 5.57. The number of pyridine rings is 1. The second-order valence-electron chi connectivity index (χ2n) is 3.26. The van der Waals surface area contributed by atoms with Crippen LogP contribution in [0.2, 0.25) is 0 Å². The number of aliphatic hydroxyl groups is 1. The number of aromatic nitrogens is 2. The molecular formula is C10H12N2O. The number of hydrogen-bond donors (Lipinski definition) is 1. The van der Waals surface area contributed by atoms with Gasteiger partial charge in [-0.15, -0.1) is 0 Å². The molecule has 2 aromatic heterocycles. The molecule has 0 saturated carbocycles. The number of aryl methyl sites for hydroxylation is 2.